The molecule has 112 valence electrons. The van der Waals surface area contributed by atoms with E-state index in [0.717, 1.165) is 12.3 Å². The van der Waals surface area contributed by atoms with E-state index >= 15 is 0 Å². The van der Waals surface area contributed by atoms with Gasteiger partial charge in [-0.15, -0.1) is 11.3 Å². The Balaban J connectivity index is 1.66. The van der Waals surface area contributed by atoms with Crippen molar-refractivity contribution in [3.63, 3.8) is 0 Å². The topological polar surface area (TPSA) is 16.1 Å². The minimum Gasteiger partial charge on any atom is -0.378 e. The van der Waals surface area contributed by atoms with Crippen LogP contribution in [0.1, 0.15) is 54.3 Å². The Labute approximate surface area is 131 Å². The highest BCUT2D eigenvalue weighted by atomic mass is 32.1. The Bertz CT molecular complexity index is 565. The van der Waals surface area contributed by atoms with E-state index in [0.29, 0.717) is 0 Å². The highest BCUT2D eigenvalue weighted by Crippen LogP contribution is 2.33. The summed E-state index contributed by atoms with van der Waals surface area (Å²) < 4.78 is 0. The van der Waals surface area contributed by atoms with Crippen LogP contribution < -0.4 is 4.90 Å². The lowest BCUT2D eigenvalue weighted by molar-refractivity contribution is 0.437. The molecule has 2 nitrogen and oxygen atoms in total. The molecule has 0 aliphatic heterocycles. The average Bonchev–Trinajstić information content (AvgIpc) is 2.97. The van der Waals surface area contributed by atoms with Crippen LogP contribution in [0.3, 0.4) is 0 Å². The number of aromatic nitrogens is 1. The number of hydrogen-bond donors (Lipinski definition) is 0. The fourth-order valence-corrected chi connectivity index (χ4v) is 3.99. The normalized spacial score (nSPS) is 16.1. The van der Waals surface area contributed by atoms with E-state index < -0.39 is 0 Å². The fourth-order valence-electron chi connectivity index (χ4n) is 3.08. The summed E-state index contributed by atoms with van der Waals surface area (Å²) in [4.78, 5) is 7.03. The van der Waals surface area contributed by atoms with Crippen LogP contribution in [-0.2, 0) is 6.42 Å². The van der Waals surface area contributed by atoms with Gasteiger partial charge in [-0.3, -0.25) is 0 Å². The van der Waals surface area contributed by atoms with Crippen molar-refractivity contribution in [1.29, 1.82) is 0 Å². The van der Waals surface area contributed by atoms with Gasteiger partial charge in [0.05, 0.1) is 10.7 Å². The molecule has 3 heteroatoms. The summed E-state index contributed by atoms with van der Waals surface area (Å²) in [7, 11) is 4.15. The monoisotopic (exact) mass is 300 g/mol. The van der Waals surface area contributed by atoms with E-state index in [1.54, 1.807) is 0 Å². The van der Waals surface area contributed by atoms with Crippen molar-refractivity contribution in [2.24, 2.45) is 0 Å². The first-order chi connectivity index (χ1) is 10.2. The third-order valence-corrected chi connectivity index (χ3v) is 5.27. The molecule has 21 heavy (non-hydrogen) atoms. The second-order valence-electron chi connectivity index (χ2n) is 6.24. The number of benzene rings is 1. The molecule has 0 saturated heterocycles. The van der Waals surface area contributed by atoms with Gasteiger partial charge in [0, 0.05) is 37.5 Å². The first-order valence-corrected chi connectivity index (χ1v) is 8.81. The molecule has 1 heterocycles. The van der Waals surface area contributed by atoms with E-state index in [-0.39, 0.29) is 0 Å². The third kappa shape index (κ3) is 3.65. The molecule has 0 spiro atoms. The van der Waals surface area contributed by atoms with Gasteiger partial charge >= 0.3 is 0 Å². The molecule has 1 aromatic carbocycles. The number of nitrogens with zero attached hydrogens (tertiary/aromatic N) is 2. The zero-order valence-corrected chi connectivity index (χ0v) is 13.8. The Morgan fingerprint density at radius 2 is 1.81 bits per heavy atom. The summed E-state index contributed by atoms with van der Waals surface area (Å²) in [6.07, 6.45) is 7.80. The molecule has 1 aromatic heterocycles. The molecule has 1 saturated carbocycles. The Morgan fingerprint density at radius 3 is 2.48 bits per heavy atom. The molecule has 0 amide bonds. The van der Waals surface area contributed by atoms with Crippen LogP contribution in [0.15, 0.2) is 29.6 Å². The molecule has 0 N–H and O–H groups in total. The average molecular weight is 300 g/mol. The molecule has 1 aliphatic rings. The van der Waals surface area contributed by atoms with E-state index in [1.165, 1.54) is 54.1 Å². The van der Waals surface area contributed by atoms with Crippen LogP contribution >= 0.6 is 11.3 Å². The predicted octanol–water partition coefficient (Wildman–Crippen LogP) is 4.85. The number of hydrogen-bond acceptors (Lipinski definition) is 3. The maximum Gasteiger partial charge on any atom is 0.0972 e. The molecular weight excluding hydrogens is 276 g/mol. The Hall–Kier alpha value is -1.35. The van der Waals surface area contributed by atoms with Gasteiger partial charge in [0.1, 0.15) is 0 Å². The van der Waals surface area contributed by atoms with Gasteiger partial charge in [0.25, 0.3) is 0 Å². The lowest BCUT2D eigenvalue weighted by atomic mass is 9.87. The summed E-state index contributed by atoms with van der Waals surface area (Å²) >= 11 is 1.83. The summed E-state index contributed by atoms with van der Waals surface area (Å²) in [6, 6.07) is 8.81. The van der Waals surface area contributed by atoms with Crippen molar-refractivity contribution in [3.8, 4) is 0 Å². The maximum atomic E-state index is 4.89. The summed E-state index contributed by atoms with van der Waals surface area (Å²) in [5.41, 5.74) is 3.95. The van der Waals surface area contributed by atoms with Gasteiger partial charge in [0.2, 0.25) is 0 Å². The van der Waals surface area contributed by atoms with Crippen molar-refractivity contribution in [2.45, 2.75) is 44.4 Å². The number of rotatable bonds is 4. The van der Waals surface area contributed by atoms with E-state index in [9.17, 15) is 0 Å². The quantitative estimate of drug-likeness (QED) is 0.802. The van der Waals surface area contributed by atoms with Crippen molar-refractivity contribution >= 4 is 17.0 Å². The second-order valence-corrected chi connectivity index (χ2v) is 7.18. The van der Waals surface area contributed by atoms with E-state index in [1.807, 2.05) is 11.3 Å². The van der Waals surface area contributed by atoms with Crippen LogP contribution in [0.5, 0.6) is 0 Å². The molecule has 0 radical (unpaired) electrons. The largest absolute Gasteiger partial charge is 0.378 e. The first-order valence-electron chi connectivity index (χ1n) is 7.93. The Kier molecular flexibility index (Phi) is 4.59. The van der Waals surface area contributed by atoms with Gasteiger partial charge in [-0.25, -0.2) is 4.98 Å². The molecular formula is C18H24N2S. The smallest absolute Gasteiger partial charge is 0.0972 e. The van der Waals surface area contributed by atoms with Crippen LogP contribution in [0.2, 0.25) is 0 Å². The summed E-state index contributed by atoms with van der Waals surface area (Å²) in [6.45, 7) is 0. The number of thiazole rings is 1. The minimum absolute atomic E-state index is 0.722. The van der Waals surface area contributed by atoms with E-state index in [2.05, 4.69) is 48.6 Å². The summed E-state index contributed by atoms with van der Waals surface area (Å²) in [5, 5.41) is 3.55. The van der Waals surface area contributed by atoms with E-state index in [4.69, 9.17) is 4.98 Å². The van der Waals surface area contributed by atoms with Crippen LogP contribution in [0.4, 0.5) is 5.69 Å². The molecule has 3 rings (SSSR count). The van der Waals surface area contributed by atoms with Crippen molar-refractivity contribution in [3.05, 3.63) is 45.9 Å². The SMILES string of the molecule is CN(C)c1ccc(Cc2nc(C3CCCCC3)cs2)cc1. The van der Waals surface area contributed by atoms with Crippen molar-refractivity contribution < 1.29 is 0 Å². The minimum atomic E-state index is 0.722. The highest BCUT2D eigenvalue weighted by molar-refractivity contribution is 7.09. The fraction of sp³-hybridized carbons (Fsp3) is 0.500. The van der Waals surface area contributed by atoms with Crippen LogP contribution in [0.25, 0.3) is 0 Å². The second kappa shape index (κ2) is 6.61. The lowest BCUT2D eigenvalue weighted by Gasteiger charge is -2.19. The zero-order valence-electron chi connectivity index (χ0n) is 13.0. The summed E-state index contributed by atoms with van der Waals surface area (Å²) in [5.74, 6) is 0.722. The maximum absolute atomic E-state index is 4.89. The molecule has 0 unspecified atom stereocenters. The van der Waals surface area contributed by atoms with Crippen LogP contribution in [0, 0.1) is 0 Å². The molecule has 0 bridgehead atoms. The third-order valence-electron chi connectivity index (χ3n) is 4.40. The van der Waals surface area contributed by atoms with Crippen molar-refractivity contribution in [2.75, 3.05) is 19.0 Å². The van der Waals surface area contributed by atoms with Gasteiger partial charge < -0.3 is 4.90 Å². The predicted molar refractivity (Wildman–Crippen MR) is 91.5 cm³/mol. The van der Waals surface area contributed by atoms with Crippen molar-refractivity contribution in [1.82, 2.24) is 4.98 Å². The standard InChI is InChI=1S/C18H24N2S/c1-20(2)16-10-8-14(9-11-16)12-18-19-17(13-21-18)15-6-4-3-5-7-15/h8-11,13,15H,3-7,12H2,1-2H3. The zero-order chi connectivity index (χ0) is 14.7. The Morgan fingerprint density at radius 1 is 1.10 bits per heavy atom. The van der Waals surface area contributed by atoms with Gasteiger partial charge in [0.15, 0.2) is 0 Å². The first kappa shape index (κ1) is 14.6. The molecule has 0 atom stereocenters. The van der Waals surface area contributed by atoms with Crippen LogP contribution in [-0.4, -0.2) is 19.1 Å². The highest BCUT2D eigenvalue weighted by Gasteiger charge is 2.18. The number of anilines is 1. The molecule has 2 aromatic rings. The van der Waals surface area contributed by atoms with Gasteiger partial charge in [-0.05, 0) is 30.5 Å². The molecule has 1 aliphatic carbocycles. The molecule has 1 fully saturated rings. The van der Waals surface area contributed by atoms with Gasteiger partial charge in [-0.2, -0.15) is 0 Å². The lowest BCUT2D eigenvalue weighted by Crippen LogP contribution is -2.08. The van der Waals surface area contributed by atoms with Gasteiger partial charge in [-0.1, -0.05) is 31.4 Å².